The van der Waals surface area contributed by atoms with Crippen molar-refractivity contribution in [2.75, 3.05) is 38.1 Å². The van der Waals surface area contributed by atoms with Crippen LogP contribution in [-0.4, -0.2) is 75.9 Å². The topological polar surface area (TPSA) is 117 Å². The molecular weight excluding hydrogens is 518 g/mol. The molecule has 1 aliphatic rings. The lowest BCUT2D eigenvalue weighted by Gasteiger charge is -2.34. The van der Waals surface area contributed by atoms with Crippen LogP contribution in [0.2, 0.25) is 0 Å². The summed E-state index contributed by atoms with van der Waals surface area (Å²) in [6, 6.07) is 10.8. The van der Waals surface area contributed by atoms with Crippen molar-refractivity contribution < 1.29 is 27.8 Å². The van der Waals surface area contributed by atoms with Crippen LogP contribution in [0.4, 0.5) is 5.69 Å². The Morgan fingerprint density at radius 2 is 1.85 bits per heavy atom. The summed E-state index contributed by atoms with van der Waals surface area (Å²) in [6.45, 7) is 9.04. The Bertz CT molecular complexity index is 1190. The van der Waals surface area contributed by atoms with Crippen molar-refractivity contribution in [1.82, 2.24) is 10.2 Å². The van der Waals surface area contributed by atoms with Crippen molar-refractivity contribution in [1.29, 1.82) is 0 Å². The third kappa shape index (κ3) is 8.41. The van der Waals surface area contributed by atoms with Gasteiger partial charge in [-0.1, -0.05) is 24.6 Å². The van der Waals surface area contributed by atoms with Gasteiger partial charge >= 0.3 is 0 Å². The molecular formula is C29H43N3O6S. The van der Waals surface area contributed by atoms with Crippen molar-refractivity contribution >= 4 is 21.6 Å². The van der Waals surface area contributed by atoms with Crippen LogP contribution in [0.15, 0.2) is 47.4 Å². The van der Waals surface area contributed by atoms with Crippen LogP contribution in [0.25, 0.3) is 0 Å². The Morgan fingerprint density at radius 3 is 2.51 bits per heavy atom. The zero-order valence-electron chi connectivity index (χ0n) is 23.6. The van der Waals surface area contributed by atoms with E-state index >= 15 is 0 Å². The molecule has 2 aromatic rings. The molecule has 0 aliphatic carbocycles. The van der Waals surface area contributed by atoms with Crippen LogP contribution in [0.3, 0.4) is 0 Å². The standard InChI is InChI=1S/C29H43N3O6S/c1-20-9-12-25(13-10-20)39(35,36)31-24-11-14-27-26(16-24)29(34)32(22(3)19-33)18-21(2)28(17-30-5)37-15-7-6-8-23(4)38-27/h9-14,16,21-23,28,30-31,33H,6-8,15,17-19H2,1-5H3/t21-,22+,23+,28+/m0/s1. The molecule has 0 saturated carbocycles. The van der Waals surface area contributed by atoms with E-state index in [0.717, 1.165) is 24.8 Å². The number of rotatable bonds is 7. The van der Waals surface area contributed by atoms with E-state index < -0.39 is 16.1 Å². The summed E-state index contributed by atoms with van der Waals surface area (Å²) in [5.41, 5.74) is 1.44. The maximum Gasteiger partial charge on any atom is 0.261 e. The van der Waals surface area contributed by atoms with E-state index in [4.69, 9.17) is 9.47 Å². The van der Waals surface area contributed by atoms with E-state index in [1.807, 2.05) is 27.8 Å². The number of fused-ring (bicyclic) bond motifs is 1. The molecule has 0 saturated heterocycles. The molecule has 9 nitrogen and oxygen atoms in total. The van der Waals surface area contributed by atoms with Gasteiger partial charge in [0.15, 0.2) is 0 Å². The molecule has 0 fully saturated rings. The first-order chi connectivity index (χ1) is 18.6. The largest absolute Gasteiger partial charge is 0.490 e. The number of aliphatic hydroxyl groups is 1. The highest BCUT2D eigenvalue weighted by atomic mass is 32.2. The molecule has 1 amide bonds. The molecule has 0 radical (unpaired) electrons. The molecule has 39 heavy (non-hydrogen) atoms. The van der Waals surface area contributed by atoms with Crippen LogP contribution < -0.4 is 14.8 Å². The van der Waals surface area contributed by atoms with E-state index in [9.17, 15) is 18.3 Å². The lowest BCUT2D eigenvalue weighted by molar-refractivity contribution is -0.000450. The first-order valence-electron chi connectivity index (χ1n) is 13.6. The van der Waals surface area contributed by atoms with Gasteiger partial charge in [0.1, 0.15) is 5.75 Å². The Morgan fingerprint density at radius 1 is 1.13 bits per heavy atom. The number of aliphatic hydroxyl groups excluding tert-OH is 1. The van der Waals surface area contributed by atoms with E-state index in [-0.39, 0.29) is 46.8 Å². The molecule has 4 atom stereocenters. The van der Waals surface area contributed by atoms with Crippen LogP contribution in [0.1, 0.15) is 56.0 Å². The first-order valence-corrected chi connectivity index (χ1v) is 15.1. The Kier molecular flexibility index (Phi) is 11.2. The summed E-state index contributed by atoms with van der Waals surface area (Å²) in [7, 11) is -2.00. The molecule has 0 spiro atoms. The predicted molar refractivity (Wildman–Crippen MR) is 153 cm³/mol. The number of anilines is 1. The van der Waals surface area contributed by atoms with Crippen molar-refractivity contribution in [3.8, 4) is 5.75 Å². The van der Waals surface area contributed by atoms with Crippen LogP contribution >= 0.6 is 0 Å². The van der Waals surface area contributed by atoms with Gasteiger partial charge in [-0.15, -0.1) is 0 Å². The maximum absolute atomic E-state index is 14.1. The molecule has 3 N–H and O–H groups in total. The van der Waals surface area contributed by atoms with Crippen LogP contribution in [-0.2, 0) is 14.8 Å². The zero-order chi connectivity index (χ0) is 28.6. The zero-order valence-corrected chi connectivity index (χ0v) is 24.5. The Balaban J connectivity index is 2.02. The summed E-state index contributed by atoms with van der Waals surface area (Å²) >= 11 is 0. The Labute approximate surface area is 232 Å². The number of aryl methyl sites for hydroxylation is 1. The molecule has 2 aromatic carbocycles. The highest BCUT2D eigenvalue weighted by molar-refractivity contribution is 7.92. The number of carbonyl (C=O) groups is 1. The van der Waals surface area contributed by atoms with Crippen molar-refractivity contribution in [2.45, 2.75) is 70.1 Å². The third-order valence-electron chi connectivity index (χ3n) is 7.04. The number of hydrogen-bond acceptors (Lipinski definition) is 7. The second-order valence-corrected chi connectivity index (χ2v) is 12.2. The van der Waals surface area contributed by atoms with E-state index in [2.05, 4.69) is 10.0 Å². The summed E-state index contributed by atoms with van der Waals surface area (Å²) in [4.78, 5) is 15.8. The number of amides is 1. The number of sulfonamides is 1. The summed E-state index contributed by atoms with van der Waals surface area (Å²) in [5, 5.41) is 13.2. The molecule has 0 bridgehead atoms. The summed E-state index contributed by atoms with van der Waals surface area (Å²) in [5.74, 6) is 0.0146. The normalized spacial score (nSPS) is 22.4. The van der Waals surface area contributed by atoms with Crippen LogP contribution in [0, 0.1) is 12.8 Å². The lowest BCUT2D eigenvalue weighted by atomic mass is 10.0. The number of carbonyl (C=O) groups excluding carboxylic acids is 1. The highest BCUT2D eigenvalue weighted by Crippen LogP contribution is 2.29. The van der Waals surface area contributed by atoms with Gasteiger partial charge < -0.3 is 24.8 Å². The number of ether oxygens (including phenoxy) is 2. The van der Waals surface area contributed by atoms with Gasteiger partial charge in [0, 0.05) is 31.3 Å². The maximum atomic E-state index is 14.1. The van der Waals surface area contributed by atoms with Crippen molar-refractivity contribution in [3.63, 3.8) is 0 Å². The SMILES string of the molecule is CNC[C@H]1OCCCC[C@@H](C)Oc2ccc(NS(=O)(=O)c3ccc(C)cc3)cc2C(=O)N([C@H](C)CO)C[C@@H]1C. The number of nitrogens with one attached hydrogen (secondary N) is 2. The van der Waals surface area contributed by atoms with Gasteiger partial charge in [0.2, 0.25) is 0 Å². The van der Waals surface area contributed by atoms with Gasteiger partial charge in [-0.3, -0.25) is 9.52 Å². The number of likely N-dealkylation sites (N-methyl/N-ethyl adjacent to an activating group) is 1. The second kappa shape index (κ2) is 14.1. The minimum absolute atomic E-state index is 0.0233. The Hall–Kier alpha value is -2.66. The van der Waals surface area contributed by atoms with E-state index in [1.54, 1.807) is 48.2 Å². The summed E-state index contributed by atoms with van der Waals surface area (Å²) in [6.07, 6.45) is 2.31. The predicted octanol–water partition coefficient (Wildman–Crippen LogP) is 3.81. The van der Waals surface area contributed by atoms with Crippen molar-refractivity contribution in [2.24, 2.45) is 5.92 Å². The fraction of sp³-hybridized carbons (Fsp3) is 0.552. The quantitative estimate of drug-likeness (QED) is 0.471. The molecule has 1 heterocycles. The summed E-state index contributed by atoms with van der Waals surface area (Å²) < 4.78 is 41.1. The molecule has 10 heteroatoms. The fourth-order valence-corrected chi connectivity index (χ4v) is 5.66. The van der Waals surface area contributed by atoms with Gasteiger partial charge in [0.05, 0.1) is 35.3 Å². The minimum Gasteiger partial charge on any atom is -0.490 e. The fourth-order valence-electron chi connectivity index (χ4n) is 4.61. The molecule has 0 aromatic heterocycles. The molecule has 3 rings (SSSR count). The van der Waals surface area contributed by atoms with Gasteiger partial charge in [-0.05, 0) is 77.4 Å². The van der Waals surface area contributed by atoms with E-state index in [1.165, 1.54) is 6.07 Å². The minimum atomic E-state index is -3.87. The number of nitrogens with zero attached hydrogens (tertiary/aromatic N) is 1. The average Bonchev–Trinajstić information content (AvgIpc) is 2.90. The van der Waals surface area contributed by atoms with Gasteiger partial charge in [-0.2, -0.15) is 0 Å². The third-order valence-corrected chi connectivity index (χ3v) is 8.44. The number of benzene rings is 2. The average molecular weight is 562 g/mol. The molecule has 1 aliphatic heterocycles. The van der Waals surface area contributed by atoms with Crippen molar-refractivity contribution in [3.05, 3.63) is 53.6 Å². The second-order valence-electron chi connectivity index (χ2n) is 10.5. The smallest absolute Gasteiger partial charge is 0.261 e. The highest BCUT2D eigenvalue weighted by Gasteiger charge is 2.30. The molecule has 0 unspecified atom stereocenters. The monoisotopic (exact) mass is 561 g/mol. The van der Waals surface area contributed by atoms with Gasteiger partial charge in [0.25, 0.3) is 15.9 Å². The lowest BCUT2D eigenvalue weighted by Crippen LogP contribution is -2.47. The van der Waals surface area contributed by atoms with Gasteiger partial charge in [-0.25, -0.2) is 8.42 Å². The van der Waals surface area contributed by atoms with E-state index in [0.29, 0.717) is 25.4 Å². The molecule has 216 valence electrons. The van der Waals surface area contributed by atoms with Crippen LogP contribution in [0.5, 0.6) is 5.75 Å². The number of hydrogen-bond donors (Lipinski definition) is 3. The first kappa shape index (κ1) is 30.9.